The number of aliphatic hydroxyl groups excluding tert-OH is 1. The first-order valence-electron chi connectivity index (χ1n) is 5.95. The van der Waals surface area contributed by atoms with E-state index in [1.165, 1.54) is 12.1 Å². The number of aliphatic hydroxyl groups is 1. The Balaban J connectivity index is 2.44. The van der Waals surface area contributed by atoms with Crippen molar-refractivity contribution in [2.24, 2.45) is 0 Å². The van der Waals surface area contributed by atoms with E-state index in [1.807, 2.05) is 6.92 Å². The molecule has 0 bridgehead atoms. The van der Waals surface area contributed by atoms with Crippen molar-refractivity contribution in [1.82, 2.24) is 5.32 Å². The summed E-state index contributed by atoms with van der Waals surface area (Å²) in [6.45, 7) is 3.00. The highest BCUT2D eigenvalue weighted by atomic mass is 19.1. The summed E-state index contributed by atoms with van der Waals surface area (Å²) in [4.78, 5) is 10.6. The lowest BCUT2D eigenvalue weighted by molar-refractivity contribution is 0.0692. The zero-order valence-corrected chi connectivity index (χ0v) is 10.3. The van der Waals surface area contributed by atoms with Crippen LogP contribution in [0.3, 0.4) is 0 Å². The van der Waals surface area contributed by atoms with Crippen molar-refractivity contribution in [3.63, 3.8) is 0 Å². The summed E-state index contributed by atoms with van der Waals surface area (Å²) in [6.07, 6.45) is 1.04. The predicted molar refractivity (Wildman–Crippen MR) is 66.0 cm³/mol. The van der Waals surface area contributed by atoms with Gasteiger partial charge in [0, 0.05) is 6.54 Å². The maximum Gasteiger partial charge on any atom is 0.338 e. The van der Waals surface area contributed by atoms with E-state index in [2.05, 4.69) is 5.32 Å². The molecule has 0 radical (unpaired) electrons. The van der Waals surface area contributed by atoms with Gasteiger partial charge in [0.25, 0.3) is 0 Å². The van der Waals surface area contributed by atoms with Gasteiger partial charge >= 0.3 is 5.97 Å². The Bertz CT molecular complexity index is 409. The Labute approximate surface area is 105 Å². The largest absolute Gasteiger partial charge is 0.478 e. The molecule has 0 fully saturated rings. The lowest BCUT2D eigenvalue weighted by atomic mass is 10.1. The Morgan fingerprint density at radius 3 is 2.78 bits per heavy atom. The molecule has 0 saturated carbocycles. The third-order valence-corrected chi connectivity index (χ3v) is 2.72. The molecule has 1 unspecified atom stereocenters. The summed E-state index contributed by atoms with van der Waals surface area (Å²) in [6, 6.07) is 4.05. The molecule has 0 aliphatic carbocycles. The van der Waals surface area contributed by atoms with Gasteiger partial charge in [-0.25, -0.2) is 9.18 Å². The van der Waals surface area contributed by atoms with Crippen LogP contribution in [-0.4, -0.2) is 28.8 Å². The molecule has 0 spiro atoms. The van der Waals surface area contributed by atoms with Gasteiger partial charge in [0.05, 0.1) is 11.7 Å². The first-order chi connectivity index (χ1) is 8.54. The molecule has 1 atom stereocenters. The van der Waals surface area contributed by atoms with Gasteiger partial charge < -0.3 is 15.5 Å². The average molecular weight is 255 g/mol. The summed E-state index contributed by atoms with van der Waals surface area (Å²) in [5.74, 6) is -1.99. The molecule has 100 valence electrons. The van der Waals surface area contributed by atoms with E-state index in [4.69, 9.17) is 5.11 Å². The summed E-state index contributed by atoms with van der Waals surface area (Å²) < 4.78 is 13.3. The van der Waals surface area contributed by atoms with Crippen LogP contribution >= 0.6 is 0 Å². The smallest absolute Gasteiger partial charge is 0.338 e. The van der Waals surface area contributed by atoms with Crippen LogP contribution < -0.4 is 5.32 Å². The molecule has 1 aromatic carbocycles. The number of carbonyl (C=O) groups is 1. The molecule has 5 heteroatoms. The molecule has 0 aliphatic heterocycles. The Morgan fingerprint density at radius 2 is 2.22 bits per heavy atom. The maximum atomic E-state index is 13.3. The Kier molecular flexibility index (Phi) is 5.74. The normalized spacial score (nSPS) is 12.4. The third-order valence-electron chi connectivity index (χ3n) is 2.72. The van der Waals surface area contributed by atoms with Gasteiger partial charge in [-0.05, 0) is 37.1 Å². The van der Waals surface area contributed by atoms with Crippen molar-refractivity contribution in [1.29, 1.82) is 0 Å². The van der Waals surface area contributed by atoms with Gasteiger partial charge in [-0.15, -0.1) is 0 Å². The van der Waals surface area contributed by atoms with E-state index in [-0.39, 0.29) is 11.7 Å². The monoisotopic (exact) mass is 255 g/mol. The second-order valence-electron chi connectivity index (χ2n) is 4.15. The molecule has 1 aromatic rings. The van der Waals surface area contributed by atoms with Gasteiger partial charge in [0.1, 0.15) is 5.82 Å². The van der Waals surface area contributed by atoms with Crippen LogP contribution in [0.2, 0.25) is 0 Å². The summed E-state index contributed by atoms with van der Waals surface area (Å²) >= 11 is 0. The van der Waals surface area contributed by atoms with Crippen molar-refractivity contribution in [3.8, 4) is 0 Å². The van der Waals surface area contributed by atoms with Crippen LogP contribution in [0.5, 0.6) is 0 Å². The highest BCUT2D eigenvalue weighted by Gasteiger charge is 2.10. The van der Waals surface area contributed by atoms with Gasteiger partial charge in [-0.1, -0.05) is 13.0 Å². The second kappa shape index (κ2) is 7.08. The van der Waals surface area contributed by atoms with Crippen LogP contribution in [0.1, 0.15) is 35.7 Å². The maximum absolute atomic E-state index is 13.3. The zero-order chi connectivity index (χ0) is 13.5. The van der Waals surface area contributed by atoms with E-state index < -0.39 is 11.8 Å². The lowest BCUT2D eigenvalue weighted by Gasteiger charge is -2.09. The molecule has 0 aliphatic rings. The minimum Gasteiger partial charge on any atom is -0.478 e. The second-order valence-corrected chi connectivity index (χ2v) is 4.15. The Hall–Kier alpha value is -1.46. The highest BCUT2D eigenvalue weighted by molar-refractivity contribution is 5.87. The zero-order valence-electron chi connectivity index (χ0n) is 10.3. The number of carboxylic acids is 1. The van der Waals surface area contributed by atoms with Crippen molar-refractivity contribution in [2.45, 2.75) is 32.4 Å². The van der Waals surface area contributed by atoms with Crippen LogP contribution in [-0.2, 0) is 6.54 Å². The topological polar surface area (TPSA) is 69.6 Å². The molecular formula is C13H18FNO3. The fourth-order valence-electron chi connectivity index (χ4n) is 1.55. The van der Waals surface area contributed by atoms with Gasteiger partial charge in [-0.3, -0.25) is 0 Å². The summed E-state index contributed by atoms with van der Waals surface area (Å²) in [7, 11) is 0. The van der Waals surface area contributed by atoms with Gasteiger partial charge in [0.15, 0.2) is 0 Å². The van der Waals surface area contributed by atoms with Crippen molar-refractivity contribution in [2.75, 3.05) is 6.54 Å². The van der Waals surface area contributed by atoms with E-state index in [0.717, 1.165) is 0 Å². The molecular weight excluding hydrogens is 237 g/mol. The Morgan fingerprint density at radius 1 is 1.50 bits per heavy atom. The lowest BCUT2D eigenvalue weighted by Crippen LogP contribution is -2.20. The van der Waals surface area contributed by atoms with E-state index in [9.17, 15) is 14.3 Å². The molecule has 0 heterocycles. The van der Waals surface area contributed by atoms with Crippen LogP contribution in [0.4, 0.5) is 4.39 Å². The number of aromatic carboxylic acids is 1. The van der Waals surface area contributed by atoms with Crippen molar-refractivity contribution < 1.29 is 19.4 Å². The number of benzene rings is 1. The van der Waals surface area contributed by atoms with Crippen LogP contribution in [0.15, 0.2) is 18.2 Å². The molecule has 1 rings (SSSR count). The molecule has 0 amide bonds. The van der Waals surface area contributed by atoms with Crippen LogP contribution in [0, 0.1) is 5.82 Å². The summed E-state index contributed by atoms with van der Waals surface area (Å²) in [5, 5.41) is 21.1. The standard InChI is InChI=1S/C13H18FNO3/c1-2-10(16)5-6-15-8-9-3-4-11(13(17)18)12(14)7-9/h3-4,7,10,15-16H,2,5-6,8H2,1H3,(H,17,18). The SMILES string of the molecule is CCC(O)CCNCc1ccc(C(=O)O)c(F)c1. The minimum absolute atomic E-state index is 0.316. The van der Waals surface area contributed by atoms with Gasteiger partial charge in [0.2, 0.25) is 0 Å². The van der Waals surface area contributed by atoms with Crippen molar-refractivity contribution in [3.05, 3.63) is 35.1 Å². The fraction of sp³-hybridized carbons (Fsp3) is 0.462. The predicted octanol–water partition coefficient (Wildman–Crippen LogP) is 1.77. The fourth-order valence-corrected chi connectivity index (χ4v) is 1.55. The van der Waals surface area contributed by atoms with E-state index in [1.54, 1.807) is 6.07 Å². The molecule has 3 N–H and O–H groups in total. The average Bonchev–Trinajstić information content (AvgIpc) is 2.34. The minimum atomic E-state index is -1.27. The third kappa shape index (κ3) is 4.43. The summed E-state index contributed by atoms with van der Waals surface area (Å²) in [5.41, 5.74) is 0.364. The number of halogens is 1. The number of rotatable bonds is 7. The van der Waals surface area contributed by atoms with E-state index in [0.29, 0.717) is 31.5 Å². The van der Waals surface area contributed by atoms with Crippen LogP contribution in [0.25, 0.3) is 0 Å². The number of carboxylic acid groups (broad SMARTS) is 1. The molecule has 0 saturated heterocycles. The molecule has 4 nitrogen and oxygen atoms in total. The number of hydrogen-bond donors (Lipinski definition) is 3. The first kappa shape index (κ1) is 14.6. The molecule has 0 aromatic heterocycles. The first-order valence-corrected chi connectivity index (χ1v) is 5.95. The highest BCUT2D eigenvalue weighted by Crippen LogP contribution is 2.10. The number of hydrogen-bond acceptors (Lipinski definition) is 3. The van der Waals surface area contributed by atoms with Gasteiger partial charge in [-0.2, -0.15) is 0 Å². The number of nitrogens with one attached hydrogen (secondary N) is 1. The van der Waals surface area contributed by atoms with Crippen molar-refractivity contribution >= 4 is 5.97 Å². The quantitative estimate of drug-likeness (QED) is 0.649. The molecule has 18 heavy (non-hydrogen) atoms. The van der Waals surface area contributed by atoms with E-state index >= 15 is 0 Å².